The summed E-state index contributed by atoms with van der Waals surface area (Å²) in [6.07, 6.45) is 5.07. The van der Waals surface area contributed by atoms with Crippen LogP contribution in [0.1, 0.15) is 53.2 Å². The van der Waals surface area contributed by atoms with Crippen LogP contribution in [0.25, 0.3) is 0 Å². The molecule has 2 aromatic rings. The average Bonchev–Trinajstić information content (AvgIpc) is 3.19. The van der Waals surface area contributed by atoms with Crippen LogP contribution in [0.3, 0.4) is 0 Å². The molecule has 3 heterocycles. The van der Waals surface area contributed by atoms with E-state index in [4.69, 9.17) is 0 Å². The number of carbonyl (C=O) groups excluding carboxylic acids is 2. The molecule has 7 heteroatoms. The number of carbonyl (C=O) groups is 2. The average molecular weight is 409 g/mol. The summed E-state index contributed by atoms with van der Waals surface area (Å²) < 4.78 is 1.71. The van der Waals surface area contributed by atoms with Gasteiger partial charge in [0.1, 0.15) is 5.56 Å². The van der Waals surface area contributed by atoms with E-state index in [0.29, 0.717) is 18.5 Å². The zero-order valence-corrected chi connectivity index (χ0v) is 17.3. The highest BCUT2D eigenvalue weighted by Crippen LogP contribution is 2.21. The Morgan fingerprint density at radius 3 is 2.53 bits per heavy atom. The molecule has 2 saturated heterocycles. The molecule has 0 atom stereocenters. The number of pyridine rings is 1. The lowest BCUT2D eigenvalue weighted by molar-refractivity contribution is -0.117. The van der Waals surface area contributed by atoms with Gasteiger partial charge in [-0.15, -0.1) is 0 Å². The van der Waals surface area contributed by atoms with Gasteiger partial charge in [-0.2, -0.15) is 0 Å². The molecule has 1 aromatic heterocycles. The predicted molar refractivity (Wildman–Crippen MR) is 116 cm³/mol. The summed E-state index contributed by atoms with van der Waals surface area (Å²) in [5.41, 5.74) is 2.49. The maximum Gasteiger partial charge on any atom is 0.263 e. The summed E-state index contributed by atoms with van der Waals surface area (Å²) in [4.78, 5) is 39.5. The monoisotopic (exact) mass is 408 g/mol. The fraction of sp³-hybridized carbons (Fsp3) is 0.435. The molecule has 0 spiro atoms. The number of aryl methyl sites for hydroxylation is 1. The van der Waals surface area contributed by atoms with E-state index >= 15 is 0 Å². The summed E-state index contributed by atoms with van der Waals surface area (Å²) in [6, 6.07) is 9.61. The Morgan fingerprint density at radius 1 is 1.13 bits per heavy atom. The molecule has 1 aromatic carbocycles. The van der Waals surface area contributed by atoms with Gasteiger partial charge >= 0.3 is 0 Å². The molecule has 0 aliphatic carbocycles. The van der Waals surface area contributed by atoms with Gasteiger partial charge in [-0.1, -0.05) is 12.1 Å². The first kappa shape index (κ1) is 20.3. The van der Waals surface area contributed by atoms with Gasteiger partial charge in [0.05, 0.1) is 0 Å². The number of amides is 2. The number of aromatic nitrogens is 1. The van der Waals surface area contributed by atoms with Crippen molar-refractivity contribution >= 4 is 17.5 Å². The fourth-order valence-electron chi connectivity index (χ4n) is 4.28. The first-order chi connectivity index (χ1) is 14.5. The Kier molecular flexibility index (Phi) is 5.99. The van der Waals surface area contributed by atoms with Crippen LogP contribution in [0.5, 0.6) is 0 Å². The number of rotatable bonds is 5. The third-order valence-corrected chi connectivity index (χ3v) is 6.03. The molecule has 2 aliphatic rings. The Labute approximate surface area is 176 Å². The van der Waals surface area contributed by atoms with Crippen molar-refractivity contribution < 1.29 is 9.59 Å². The molecular weight excluding hydrogens is 380 g/mol. The lowest BCUT2D eigenvalue weighted by Gasteiger charge is -2.25. The van der Waals surface area contributed by atoms with Crippen molar-refractivity contribution in [2.75, 3.05) is 24.5 Å². The van der Waals surface area contributed by atoms with E-state index in [1.807, 2.05) is 36.5 Å². The van der Waals surface area contributed by atoms with Crippen molar-refractivity contribution in [3.8, 4) is 0 Å². The molecule has 2 aliphatic heterocycles. The van der Waals surface area contributed by atoms with E-state index in [1.54, 1.807) is 16.4 Å². The minimum Gasteiger partial charge on any atom is -0.348 e. The molecule has 0 radical (unpaired) electrons. The Morgan fingerprint density at radius 2 is 1.87 bits per heavy atom. The molecule has 2 fully saturated rings. The second-order valence-electron chi connectivity index (χ2n) is 8.07. The van der Waals surface area contributed by atoms with Crippen LogP contribution in [0, 0.1) is 6.92 Å². The lowest BCUT2D eigenvalue weighted by atomic mass is 10.0. The Hall–Kier alpha value is -2.93. The Balaban J connectivity index is 1.45. The smallest absolute Gasteiger partial charge is 0.263 e. The summed E-state index contributed by atoms with van der Waals surface area (Å²) in [5.74, 6) is -0.194. The van der Waals surface area contributed by atoms with Crippen molar-refractivity contribution in [3.05, 3.63) is 63.6 Å². The van der Waals surface area contributed by atoms with E-state index < -0.39 is 0 Å². The third-order valence-electron chi connectivity index (χ3n) is 6.03. The quantitative estimate of drug-likeness (QED) is 0.794. The molecule has 2 amide bonds. The van der Waals surface area contributed by atoms with Crippen molar-refractivity contribution in [1.29, 1.82) is 0 Å². The maximum absolute atomic E-state index is 13.0. The summed E-state index contributed by atoms with van der Waals surface area (Å²) in [7, 11) is 0. The van der Waals surface area contributed by atoms with E-state index in [-0.39, 0.29) is 29.0 Å². The van der Waals surface area contributed by atoms with Crippen LogP contribution in [0.2, 0.25) is 0 Å². The summed E-state index contributed by atoms with van der Waals surface area (Å²) >= 11 is 0. The zero-order chi connectivity index (χ0) is 21.1. The number of nitrogens with one attached hydrogen (secondary N) is 2. The van der Waals surface area contributed by atoms with Gasteiger partial charge in [0.25, 0.3) is 11.5 Å². The molecule has 0 bridgehead atoms. The molecule has 30 heavy (non-hydrogen) atoms. The van der Waals surface area contributed by atoms with Gasteiger partial charge < -0.3 is 20.1 Å². The summed E-state index contributed by atoms with van der Waals surface area (Å²) in [5, 5.41) is 6.18. The van der Waals surface area contributed by atoms with E-state index in [0.717, 1.165) is 50.1 Å². The van der Waals surface area contributed by atoms with Gasteiger partial charge in [-0.05, 0) is 68.6 Å². The first-order valence-electron chi connectivity index (χ1n) is 10.6. The highest BCUT2D eigenvalue weighted by atomic mass is 16.2. The van der Waals surface area contributed by atoms with Gasteiger partial charge in [0, 0.05) is 37.4 Å². The number of hydrogen-bond donors (Lipinski definition) is 2. The van der Waals surface area contributed by atoms with Gasteiger partial charge in [0.2, 0.25) is 5.91 Å². The first-order valence-corrected chi connectivity index (χ1v) is 10.6. The van der Waals surface area contributed by atoms with E-state index in [2.05, 4.69) is 10.6 Å². The topological polar surface area (TPSA) is 83.4 Å². The SMILES string of the molecule is Cc1ccn(C2CCNCC2)c(=O)c1C(=O)NCc1ccc(N2CCCC2=O)cc1. The zero-order valence-electron chi connectivity index (χ0n) is 17.3. The van der Waals surface area contributed by atoms with Crippen LogP contribution >= 0.6 is 0 Å². The molecule has 0 unspecified atom stereocenters. The molecule has 7 nitrogen and oxygen atoms in total. The molecule has 0 saturated carbocycles. The molecule has 4 rings (SSSR count). The van der Waals surface area contributed by atoms with Crippen LogP contribution < -0.4 is 21.1 Å². The fourth-order valence-corrected chi connectivity index (χ4v) is 4.28. The molecular formula is C23H28N4O3. The van der Waals surface area contributed by atoms with Crippen LogP contribution in [-0.2, 0) is 11.3 Å². The molecule has 2 N–H and O–H groups in total. The maximum atomic E-state index is 13.0. The van der Waals surface area contributed by atoms with Crippen molar-refractivity contribution in [2.45, 2.75) is 45.2 Å². The second-order valence-corrected chi connectivity index (χ2v) is 8.07. The van der Waals surface area contributed by atoms with Crippen LogP contribution in [0.4, 0.5) is 5.69 Å². The predicted octanol–water partition coefficient (Wildman–Crippen LogP) is 2.14. The van der Waals surface area contributed by atoms with Gasteiger partial charge in [0.15, 0.2) is 0 Å². The van der Waals surface area contributed by atoms with Crippen LogP contribution in [0.15, 0.2) is 41.3 Å². The standard InChI is InChI=1S/C23H28N4O3/c1-16-10-14-27(19-8-11-24-12-9-19)23(30)21(16)22(29)25-15-17-4-6-18(7-5-17)26-13-2-3-20(26)28/h4-7,10,14,19,24H,2-3,8-9,11-13,15H2,1H3,(H,25,29). The highest BCUT2D eigenvalue weighted by Gasteiger charge is 2.22. The lowest BCUT2D eigenvalue weighted by Crippen LogP contribution is -2.38. The van der Waals surface area contributed by atoms with E-state index in [1.165, 1.54) is 0 Å². The van der Waals surface area contributed by atoms with Gasteiger partial charge in [-0.25, -0.2) is 0 Å². The number of nitrogens with zero attached hydrogens (tertiary/aromatic N) is 2. The molecule has 158 valence electrons. The normalized spacial score (nSPS) is 17.4. The number of benzene rings is 1. The van der Waals surface area contributed by atoms with Gasteiger partial charge in [-0.3, -0.25) is 14.4 Å². The Bertz CT molecular complexity index is 990. The number of hydrogen-bond acceptors (Lipinski definition) is 4. The third kappa shape index (κ3) is 4.16. The van der Waals surface area contributed by atoms with Crippen molar-refractivity contribution in [1.82, 2.24) is 15.2 Å². The highest BCUT2D eigenvalue weighted by molar-refractivity contribution is 5.96. The largest absolute Gasteiger partial charge is 0.348 e. The van der Waals surface area contributed by atoms with Crippen LogP contribution in [-0.4, -0.2) is 36.0 Å². The summed E-state index contributed by atoms with van der Waals surface area (Å²) in [6.45, 7) is 4.64. The minimum atomic E-state index is -0.348. The van der Waals surface area contributed by atoms with Crippen molar-refractivity contribution in [3.63, 3.8) is 0 Å². The second kappa shape index (κ2) is 8.83. The number of anilines is 1. The van der Waals surface area contributed by atoms with E-state index in [9.17, 15) is 14.4 Å². The minimum absolute atomic E-state index is 0.131. The number of piperidine rings is 1. The van der Waals surface area contributed by atoms with Crippen molar-refractivity contribution in [2.24, 2.45) is 0 Å².